The van der Waals surface area contributed by atoms with E-state index in [2.05, 4.69) is 15.0 Å². The summed E-state index contributed by atoms with van der Waals surface area (Å²) >= 11 is 0. The predicted molar refractivity (Wildman–Crippen MR) is 70.5 cm³/mol. The van der Waals surface area contributed by atoms with E-state index in [1.165, 1.54) is 12.1 Å². The summed E-state index contributed by atoms with van der Waals surface area (Å²) < 4.78 is 40.5. The minimum absolute atomic E-state index is 0.153. The minimum Gasteiger partial charge on any atom is -0.406 e. The molecule has 1 saturated heterocycles. The lowest BCUT2D eigenvalue weighted by Crippen LogP contribution is -2.36. The molecule has 1 unspecified atom stereocenters. The standard InChI is InChI=1S/C14H19F3N2O/c1-18-9-12-5-3-7-19(12)10-11-4-2-6-13(8-11)20-14(15,16)17/h2,4,6,8,12,18H,3,5,7,9-10H2,1H3. The fraction of sp³-hybridized carbons (Fsp3) is 0.571. The van der Waals surface area contributed by atoms with Gasteiger partial charge in [0.15, 0.2) is 0 Å². The average Bonchev–Trinajstić information content (AvgIpc) is 2.75. The van der Waals surface area contributed by atoms with Crippen molar-refractivity contribution < 1.29 is 17.9 Å². The Kier molecular flexibility index (Phi) is 4.88. The molecule has 1 aromatic carbocycles. The van der Waals surface area contributed by atoms with Crippen molar-refractivity contribution in [2.45, 2.75) is 31.8 Å². The summed E-state index contributed by atoms with van der Waals surface area (Å²) in [5.74, 6) is -0.153. The van der Waals surface area contributed by atoms with Crippen molar-refractivity contribution in [2.24, 2.45) is 0 Å². The first-order valence-electron chi connectivity index (χ1n) is 6.71. The second-order valence-electron chi connectivity index (χ2n) is 5.02. The van der Waals surface area contributed by atoms with E-state index in [4.69, 9.17) is 0 Å². The molecule has 0 amide bonds. The fourth-order valence-corrected chi connectivity index (χ4v) is 2.65. The normalized spacial score (nSPS) is 20.3. The van der Waals surface area contributed by atoms with Crippen molar-refractivity contribution in [2.75, 3.05) is 20.1 Å². The number of hydrogen-bond acceptors (Lipinski definition) is 3. The number of hydrogen-bond donors (Lipinski definition) is 1. The molecule has 0 aliphatic carbocycles. The lowest BCUT2D eigenvalue weighted by Gasteiger charge is -2.24. The number of rotatable bonds is 5. The van der Waals surface area contributed by atoms with Crippen LogP contribution in [-0.4, -0.2) is 37.4 Å². The van der Waals surface area contributed by atoms with Gasteiger partial charge in [-0.05, 0) is 44.1 Å². The molecule has 1 aliphatic heterocycles. The number of nitrogens with one attached hydrogen (secondary N) is 1. The number of ether oxygens (including phenoxy) is 1. The molecular weight excluding hydrogens is 269 g/mol. The Hall–Kier alpha value is -1.27. The lowest BCUT2D eigenvalue weighted by molar-refractivity contribution is -0.274. The van der Waals surface area contributed by atoms with E-state index in [1.807, 2.05) is 13.1 Å². The van der Waals surface area contributed by atoms with Crippen LogP contribution >= 0.6 is 0 Å². The maximum atomic E-state index is 12.2. The number of likely N-dealkylation sites (tertiary alicyclic amines) is 1. The number of likely N-dealkylation sites (N-methyl/N-ethyl adjacent to an activating group) is 1. The molecule has 1 aromatic rings. The first kappa shape index (κ1) is 15.1. The quantitative estimate of drug-likeness (QED) is 0.901. The predicted octanol–water partition coefficient (Wildman–Crippen LogP) is 2.77. The third-order valence-electron chi connectivity index (χ3n) is 3.46. The van der Waals surface area contributed by atoms with Crippen LogP contribution in [0.25, 0.3) is 0 Å². The van der Waals surface area contributed by atoms with Crippen LogP contribution in [0.5, 0.6) is 5.75 Å². The van der Waals surface area contributed by atoms with Crippen molar-refractivity contribution in [3.05, 3.63) is 29.8 Å². The van der Waals surface area contributed by atoms with Crippen molar-refractivity contribution in [3.63, 3.8) is 0 Å². The van der Waals surface area contributed by atoms with Crippen LogP contribution in [0.3, 0.4) is 0 Å². The van der Waals surface area contributed by atoms with Crippen LogP contribution in [0.2, 0.25) is 0 Å². The molecule has 0 saturated carbocycles. The summed E-state index contributed by atoms with van der Waals surface area (Å²) in [7, 11) is 1.91. The SMILES string of the molecule is CNCC1CCCN1Cc1cccc(OC(F)(F)F)c1. The second kappa shape index (κ2) is 6.45. The van der Waals surface area contributed by atoms with Crippen LogP contribution in [-0.2, 0) is 6.54 Å². The van der Waals surface area contributed by atoms with E-state index in [0.29, 0.717) is 12.6 Å². The molecule has 1 fully saturated rings. The van der Waals surface area contributed by atoms with E-state index < -0.39 is 6.36 Å². The van der Waals surface area contributed by atoms with Gasteiger partial charge in [0.05, 0.1) is 0 Å². The third kappa shape index (κ3) is 4.38. The van der Waals surface area contributed by atoms with Gasteiger partial charge in [0, 0.05) is 19.1 Å². The molecule has 0 bridgehead atoms. The molecule has 112 valence electrons. The van der Waals surface area contributed by atoms with Gasteiger partial charge >= 0.3 is 6.36 Å². The van der Waals surface area contributed by atoms with Gasteiger partial charge in [-0.2, -0.15) is 0 Å². The van der Waals surface area contributed by atoms with Gasteiger partial charge in [0.2, 0.25) is 0 Å². The molecule has 2 rings (SSSR count). The Bertz CT molecular complexity index is 437. The summed E-state index contributed by atoms with van der Waals surface area (Å²) in [5.41, 5.74) is 0.842. The Morgan fingerprint density at radius 2 is 2.20 bits per heavy atom. The van der Waals surface area contributed by atoms with Crippen molar-refractivity contribution in [1.82, 2.24) is 10.2 Å². The minimum atomic E-state index is -4.64. The van der Waals surface area contributed by atoms with E-state index >= 15 is 0 Å². The van der Waals surface area contributed by atoms with Gasteiger partial charge in [0.25, 0.3) is 0 Å². The molecule has 6 heteroatoms. The Labute approximate surface area is 116 Å². The molecule has 1 aliphatic rings. The van der Waals surface area contributed by atoms with Gasteiger partial charge in [0.1, 0.15) is 5.75 Å². The molecule has 0 aromatic heterocycles. The highest BCUT2D eigenvalue weighted by Gasteiger charge is 2.31. The molecular formula is C14H19F3N2O. The van der Waals surface area contributed by atoms with Crippen molar-refractivity contribution in [3.8, 4) is 5.75 Å². The Morgan fingerprint density at radius 1 is 1.40 bits per heavy atom. The zero-order valence-electron chi connectivity index (χ0n) is 11.4. The van der Waals surface area contributed by atoms with E-state index in [0.717, 1.165) is 31.5 Å². The van der Waals surface area contributed by atoms with Gasteiger partial charge in [-0.25, -0.2) is 0 Å². The Balaban J connectivity index is 2.00. The van der Waals surface area contributed by atoms with Crippen LogP contribution < -0.4 is 10.1 Å². The smallest absolute Gasteiger partial charge is 0.406 e. The highest BCUT2D eigenvalue weighted by Crippen LogP contribution is 2.25. The summed E-state index contributed by atoms with van der Waals surface area (Å²) in [6.07, 6.45) is -2.38. The van der Waals surface area contributed by atoms with Gasteiger partial charge in [-0.15, -0.1) is 13.2 Å². The Morgan fingerprint density at radius 3 is 2.90 bits per heavy atom. The van der Waals surface area contributed by atoms with Gasteiger partial charge in [-0.1, -0.05) is 12.1 Å². The molecule has 1 atom stereocenters. The van der Waals surface area contributed by atoms with Crippen molar-refractivity contribution in [1.29, 1.82) is 0 Å². The fourth-order valence-electron chi connectivity index (χ4n) is 2.65. The van der Waals surface area contributed by atoms with E-state index in [1.54, 1.807) is 6.07 Å². The van der Waals surface area contributed by atoms with E-state index in [-0.39, 0.29) is 5.75 Å². The molecule has 0 spiro atoms. The molecule has 20 heavy (non-hydrogen) atoms. The van der Waals surface area contributed by atoms with Crippen LogP contribution in [0, 0.1) is 0 Å². The van der Waals surface area contributed by atoms with E-state index in [9.17, 15) is 13.2 Å². The topological polar surface area (TPSA) is 24.5 Å². The summed E-state index contributed by atoms with van der Waals surface area (Å²) in [4.78, 5) is 2.29. The maximum Gasteiger partial charge on any atom is 0.573 e. The van der Waals surface area contributed by atoms with Crippen LogP contribution in [0.1, 0.15) is 18.4 Å². The van der Waals surface area contributed by atoms with Crippen molar-refractivity contribution >= 4 is 0 Å². The molecule has 1 N–H and O–H groups in total. The number of alkyl halides is 3. The summed E-state index contributed by atoms with van der Waals surface area (Å²) in [5, 5.41) is 3.15. The third-order valence-corrected chi connectivity index (χ3v) is 3.46. The molecule has 1 heterocycles. The summed E-state index contributed by atoms with van der Waals surface area (Å²) in [6, 6.07) is 6.67. The zero-order valence-corrected chi connectivity index (χ0v) is 11.4. The largest absolute Gasteiger partial charge is 0.573 e. The number of benzene rings is 1. The molecule has 3 nitrogen and oxygen atoms in total. The average molecular weight is 288 g/mol. The maximum absolute atomic E-state index is 12.2. The number of nitrogens with zero attached hydrogens (tertiary/aromatic N) is 1. The summed E-state index contributed by atoms with van der Waals surface area (Å²) in [6.45, 7) is 2.54. The van der Waals surface area contributed by atoms with Gasteiger partial charge < -0.3 is 10.1 Å². The lowest BCUT2D eigenvalue weighted by atomic mass is 10.1. The second-order valence-corrected chi connectivity index (χ2v) is 5.02. The van der Waals surface area contributed by atoms with Crippen LogP contribution in [0.15, 0.2) is 24.3 Å². The molecule has 0 radical (unpaired) electrons. The highest BCUT2D eigenvalue weighted by atomic mass is 19.4. The first-order chi connectivity index (χ1) is 9.48. The zero-order chi connectivity index (χ0) is 14.6. The van der Waals surface area contributed by atoms with Crippen LogP contribution in [0.4, 0.5) is 13.2 Å². The first-order valence-corrected chi connectivity index (χ1v) is 6.71. The number of halogens is 3. The monoisotopic (exact) mass is 288 g/mol. The highest BCUT2D eigenvalue weighted by molar-refractivity contribution is 5.28. The van der Waals surface area contributed by atoms with Gasteiger partial charge in [-0.3, -0.25) is 4.90 Å².